The quantitative estimate of drug-likeness (QED) is 0.614. The van der Waals surface area contributed by atoms with Crippen LogP contribution in [0.5, 0.6) is 5.75 Å². The molecule has 2 aromatic rings. The van der Waals surface area contributed by atoms with Crippen LogP contribution in [0.1, 0.15) is 18.5 Å². The van der Waals surface area contributed by atoms with E-state index in [4.69, 9.17) is 15.4 Å². The summed E-state index contributed by atoms with van der Waals surface area (Å²) < 4.78 is 6.47. The fraction of sp³-hybridized carbons (Fsp3) is 0.300. The van der Waals surface area contributed by atoms with Crippen molar-refractivity contribution in [3.63, 3.8) is 0 Å². The number of hydrogen-bond donors (Lipinski definition) is 2. The lowest BCUT2D eigenvalue weighted by molar-refractivity contribution is 0.419. The summed E-state index contributed by atoms with van der Waals surface area (Å²) in [4.78, 5) is 11.2. The molecule has 0 radical (unpaired) electrons. The molecule has 18 heavy (non-hydrogen) atoms. The van der Waals surface area contributed by atoms with Gasteiger partial charge in [0.1, 0.15) is 12.0 Å². The Morgan fingerprint density at radius 1 is 1.56 bits per heavy atom. The van der Waals surface area contributed by atoms with Crippen molar-refractivity contribution in [2.45, 2.75) is 24.3 Å². The summed E-state index contributed by atoms with van der Waals surface area (Å²) in [5.41, 5.74) is -0.472. The van der Waals surface area contributed by atoms with Gasteiger partial charge < -0.3 is 15.4 Å². The van der Waals surface area contributed by atoms with Crippen molar-refractivity contribution < 1.29 is 9.52 Å². The van der Waals surface area contributed by atoms with Crippen LogP contribution in [0.25, 0.3) is 0 Å². The van der Waals surface area contributed by atoms with Crippen LogP contribution >= 0.6 is 11.8 Å². The van der Waals surface area contributed by atoms with Crippen molar-refractivity contribution >= 4 is 11.8 Å². The maximum Gasteiger partial charge on any atom is 0.226 e. The Morgan fingerprint density at radius 3 is 2.94 bits per heavy atom. The normalized spacial score (nSPS) is 10.7. The van der Waals surface area contributed by atoms with Crippen molar-refractivity contribution in [3.05, 3.63) is 34.1 Å². The highest BCUT2D eigenvalue weighted by atomic mass is 32.2. The SMILES string of the molecule is CCc1nnc(SCc2cc(=O)c(O)co2)n1N. The number of nitrogens with zero attached hydrogens (tertiary/aromatic N) is 3. The van der Waals surface area contributed by atoms with E-state index in [9.17, 15) is 4.79 Å². The number of rotatable bonds is 4. The molecule has 0 aliphatic heterocycles. The van der Waals surface area contributed by atoms with E-state index < -0.39 is 11.2 Å². The number of nitrogen functional groups attached to an aromatic ring is 1. The Bertz CT molecular complexity index is 607. The monoisotopic (exact) mass is 268 g/mol. The van der Waals surface area contributed by atoms with E-state index in [1.54, 1.807) is 0 Å². The highest BCUT2D eigenvalue weighted by Gasteiger charge is 2.10. The molecule has 0 amide bonds. The summed E-state index contributed by atoms with van der Waals surface area (Å²) >= 11 is 1.30. The molecule has 0 aliphatic carbocycles. The number of thioether (sulfide) groups is 1. The molecule has 7 nitrogen and oxygen atoms in total. The maximum atomic E-state index is 11.2. The van der Waals surface area contributed by atoms with Gasteiger partial charge >= 0.3 is 0 Å². The molecule has 2 aromatic heterocycles. The van der Waals surface area contributed by atoms with E-state index in [1.165, 1.54) is 22.5 Å². The van der Waals surface area contributed by atoms with E-state index >= 15 is 0 Å². The molecule has 0 saturated carbocycles. The number of aryl methyl sites for hydroxylation is 1. The van der Waals surface area contributed by atoms with Crippen LogP contribution < -0.4 is 11.3 Å². The first kappa shape index (κ1) is 12.5. The first-order valence-corrected chi connectivity index (χ1v) is 6.23. The molecule has 0 atom stereocenters. The highest BCUT2D eigenvalue weighted by Crippen LogP contribution is 2.20. The molecule has 0 spiro atoms. The molecule has 96 valence electrons. The van der Waals surface area contributed by atoms with Crippen LogP contribution in [0, 0.1) is 0 Å². The number of nitrogens with two attached hydrogens (primary N) is 1. The van der Waals surface area contributed by atoms with Crippen molar-refractivity contribution in [2.24, 2.45) is 0 Å². The van der Waals surface area contributed by atoms with Crippen molar-refractivity contribution in [3.8, 4) is 5.75 Å². The van der Waals surface area contributed by atoms with Gasteiger partial charge in [0.2, 0.25) is 10.6 Å². The molecular weight excluding hydrogens is 256 g/mol. The zero-order chi connectivity index (χ0) is 13.1. The fourth-order valence-corrected chi connectivity index (χ4v) is 2.07. The lowest BCUT2D eigenvalue weighted by Crippen LogP contribution is -2.13. The minimum absolute atomic E-state index is 0.383. The van der Waals surface area contributed by atoms with E-state index in [0.29, 0.717) is 28.9 Å². The Kier molecular flexibility index (Phi) is 3.56. The number of aromatic hydroxyl groups is 1. The van der Waals surface area contributed by atoms with Gasteiger partial charge in [-0.15, -0.1) is 10.2 Å². The van der Waals surface area contributed by atoms with Crippen LogP contribution in [0.2, 0.25) is 0 Å². The van der Waals surface area contributed by atoms with Gasteiger partial charge in [0.25, 0.3) is 0 Å². The zero-order valence-corrected chi connectivity index (χ0v) is 10.5. The molecule has 0 aliphatic rings. The van der Waals surface area contributed by atoms with Gasteiger partial charge in [0.05, 0.1) is 5.75 Å². The third-order valence-corrected chi connectivity index (χ3v) is 3.23. The molecule has 0 unspecified atom stereocenters. The zero-order valence-electron chi connectivity index (χ0n) is 9.66. The second-order valence-corrected chi connectivity index (χ2v) is 4.45. The maximum absolute atomic E-state index is 11.2. The molecule has 0 bridgehead atoms. The third-order valence-electron chi connectivity index (χ3n) is 2.26. The standard InChI is InChI=1S/C10H12N4O3S/c1-2-9-12-13-10(14(9)11)18-5-6-3-7(15)8(16)4-17-6/h3-4,16H,2,5,11H2,1H3. The number of aromatic nitrogens is 3. The Hall–Kier alpha value is -1.96. The summed E-state index contributed by atoms with van der Waals surface area (Å²) in [5.74, 6) is 6.87. The predicted molar refractivity (Wildman–Crippen MR) is 65.8 cm³/mol. The largest absolute Gasteiger partial charge is 0.502 e. The van der Waals surface area contributed by atoms with Crippen LogP contribution in [-0.2, 0) is 12.2 Å². The summed E-state index contributed by atoms with van der Waals surface area (Å²) in [5, 5.41) is 17.4. The number of hydrogen-bond acceptors (Lipinski definition) is 7. The molecule has 0 fully saturated rings. The molecule has 0 saturated heterocycles. The molecule has 8 heteroatoms. The Labute approximate surface area is 107 Å². The summed E-state index contributed by atoms with van der Waals surface area (Å²) in [7, 11) is 0. The average molecular weight is 268 g/mol. The summed E-state index contributed by atoms with van der Waals surface area (Å²) in [6.07, 6.45) is 1.71. The topological polar surface area (TPSA) is 107 Å². The second-order valence-electron chi connectivity index (χ2n) is 3.51. The van der Waals surface area contributed by atoms with Crippen molar-refractivity contribution in [1.82, 2.24) is 14.9 Å². The smallest absolute Gasteiger partial charge is 0.226 e. The van der Waals surface area contributed by atoms with E-state index in [2.05, 4.69) is 10.2 Å². The fourth-order valence-electron chi connectivity index (χ4n) is 1.30. The van der Waals surface area contributed by atoms with Gasteiger partial charge in [0, 0.05) is 12.5 Å². The van der Waals surface area contributed by atoms with Gasteiger partial charge in [-0.3, -0.25) is 4.79 Å². The van der Waals surface area contributed by atoms with E-state index in [1.807, 2.05) is 6.92 Å². The van der Waals surface area contributed by atoms with Gasteiger partial charge in [-0.2, -0.15) is 0 Å². The van der Waals surface area contributed by atoms with Gasteiger partial charge in [-0.25, -0.2) is 4.68 Å². The van der Waals surface area contributed by atoms with Gasteiger partial charge in [-0.05, 0) is 0 Å². The molecular formula is C10H12N4O3S. The Morgan fingerprint density at radius 2 is 2.33 bits per heavy atom. The van der Waals surface area contributed by atoms with Crippen LogP contribution in [0.4, 0.5) is 0 Å². The third kappa shape index (κ3) is 2.48. The van der Waals surface area contributed by atoms with Crippen LogP contribution in [-0.4, -0.2) is 20.0 Å². The molecule has 0 aromatic carbocycles. The lowest BCUT2D eigenvalue weighted by atomic mass is 10.4. The van der Waals surface area contributed by atoms with Gasteiger partial charge in [-0.1, -0.05) is 18.7 Å². The van der Waals surface area contributed by atoms with Crippen molar-refractivity contribution in [2.75, 3.05) is 5.84 Å². The van der Waals surface area contributed by atoms with Crippen LogP contribution in [0.15, 0.2) is 26.7 Å². The van der Waals surface area contributed by atoms with E-state index in [0.717, 1.165) is 6.26 Å². The lowest BCUT2D eigenvalue weighted by Gasteiger charge is -2.01. The predicted octanol–water partition coefficient (Wildman–Crippen LogP) is 0.505. The summed E-state index contributed by atoms with van der Waals surface area (Å²) in [6, 6.07) is 1.24. The van der Waals surface area contributed by atoms with Crippen molar-refractivity contribution in [1.29, 1.82) is 0 Å². The van der Waals surface area contributed by atoms with E-state index in [-0.39, 0.29) is 0 Å². The highest BCUT2D eigenvalue weighted by molar-refractivity contribution is 7.98. The first-order valence-electron chi connectivity index (χ1n) is 5.24. The molecule has 2 rings (SSSR count). The first-order chi connectivity index (χ1) is 8.61. The molecule has 3 N–H and O–H groups in total. The second kappa shape index (κ2) is 5.13. The molecule has 2 heterocycles. The minimum Gasteiger partial charge on any atom is -0.502 e. The average Bonchev–Trinajstić information content (AvgIpc) is 2.72. The summed E-state index contributed by atoms with van der Waals surface area (Å²) in [6.45, 7) is 1.93. The Balaban J connectivity index is 2.09. The van der Waals surface area contributed by atoms with Gasteiger partial charge in [0.15, 0.2) is 11.6 Å². The van der Waals surface area contributed by atoms with Crippen LogP contribution in [0.3, 0.4) is 0 Å². The minimum atomic E-state index is -0.472.